The first kappa shape index (κ1) is 37.9. The van der Waals surface area contributed by atoms with Crippen LogP contribution in [0.3, 0.4) is 0 Å². The van der Waals surface area contributed by atoms with Gasteiger partial charge in [-0.15, -0.1) is 0 Å². The van der Waals surface area contributed by atoms with Gasteiger partial charge < -0.3 is 9.71 Å². The van der Waals surface area contributed by atoms with Crippen molar-refractivity contribution in [3.05, 3.63) is 124 Å². The fourth-order valence-corrected chi connectivity index (χ4v) is 12.9. The standard InChI is InChI=1S/C51H63BN2Si/c1-47(2,3)32-28-36(49(7,8)9)45-42(30-32)55(15,16)43-31-33(48(4,5)6)29-37(50(10,11)12)46(43)54(45)52-38-24-18-20-27-41(38)53-40-26-19-17-22-34(40)51(13,14)35-23-21-25-39(52)44(35)53/h17-31H,1-16H3. The highest BCUT2D eigenvalue weighted by Gasteiger charge is 2.52. The first-order valence-electron chi connectivity index (χ1n) is 20.7. The molecule has 0 saturated heterocycles. The predicted molar refractivity (Wildman–Crippen MR) is 245 cm³/mol. The zero-order valence-electron chi connectivity index (χ0n) is 36.6. The molecule has 0 saturated carbocycles. The van der Waals surface area contributed by atoms with Gasteiger partial charge in [0.05, 0.1) is 5.69 Å². The Kier molecular flexibility index (Phi) is 8.10. The van der Waals surface area contributed by atoms with Gasteiger partial charge in [-0.25, -0.2) is 0 Å². The molecule has 0 radical (unpaired) electrons. The van der Waals surface area contributed by atoms with Crippen LogP contribution in [0.15, 0.2) is 91.0 Å². The molecule has 4 heteroatoms. The Bertz CT molecular complexity index is 2300. The van der Waals surface area contributed by atoms with Crippen LogP contribution in [0.2, 0.25) is 13.1 Å². The summed E-state index contributed by atoms with van der Waals surface area (Å²) in [6.07, 6.45) is 0. The topological polar surface area (TPSA) is 6.48 Å². The van der Waals surface area contributed by atoms with Crippen LogP contribution in [0.5, 0.6) is 0 Å². The predicted octanol–water partition coefficient (Wildman–Crippen LogP) is 11.4. The number of para-hydroxylation sites is 3. The van der Waals surface area contributed by atoms with Gasteiger partial charge in [0, 0.05) is 28.2 Å². The molecule has 0 amide bonds. The van der Waals surface area contributed by atoms with Crippen molar-refractivity contribution >= 4 is 64.7 Å². The van der Waals surface area contributed by atoms with Gasteiger partial charge in [0.1, 0.15) is 8.07 Å². The van der Waals surface area contributed by atoms with Crippen molar-refractivity contribution in [2.75, 3.05) is 9.71 Å². The van der Waals surface area contributed by atoms with Crippen molar-refractivity contribution in [3.8, 4) is 0 Å². The number of nitrogens with zero attached hydrogens (tertiary/aromatic N) is 2. The second-order valence-corrected chi connectivity index (χ2v) is 26.3. The molecule has 0 aliphatic carbocycles. The minimum absolute atomic E-state index is 0.0177. The zero-order chi connectivity index (χ0) is 40.0. The molecule has 55 heavy (non-hydrogen) atoms. The van der Waals surface area contributed by atoms with E-state index in [0.29, 0.717) is 0 Å². The van der Waals surface area contributed by atoms with Gasteiger partial charge in [0.15, 0.2) is 0 Å². The molecule has 0 fully saturated rings. The van der Waals surface area contributed by atoms with E-state index in [4.69, 9.17) is 0 Å². The molecule has 0 atom stereocenters. The maximum atomic E-state index is 2.89. The Hall–Kier alpha value is -4.02. The number of fused-ring (bicyclic) bond motifs is 6. The monoisotopic (exact) mass is 742 g/mol. The second kappa shape index (κ2) is 11.8. The summed E-state index contributed by atoms with van der Waals surface area (Å²) in [5, 5.41) is 3.14. The first-order valence-corrected chi connectivity index (χ1v) is 23.7. The molecule has 0 unspecified atom stereocenters. The molecule has 2 nitrogen and oxygen atoms in total. The largest absolute Gasteiger partial charge is 0.377 e. The lowest BCUT2D eigenvalue weighted by molar-refractivity contribution is 0.568. The quantitative estimate of drug-likeness (QED) is 0.158. The summed E-state index contributed by atoms with van der Waals surface area (Å²) < 4.78 is 0. The van der Waals surface area contributed by atoms with E-state index in [9.17, 15) is 0 Å². The van der Waals surface area contributed by atoms with Crippen molar-refractivity contribution < 1.29 is 0 Å². The molecule has 0 aromatic heterocycles. The second-order valence-electron chi connectivity index (χ2n) is 22.0. The Morgan fingerprint density at radius 3 is 1.45 bits per heavy atom. The highest BCUT2D eigenvalue weighted by atomic mass is 28.3. The number of hydrogen-bond donors (Lipinski definition) is 0. The average molecular weight is 743 g/mol. The maximum Gasteiger partial charge on any atom is 0.332 e. The lowest BCUT2D eigenvalue weighted by Gasteiger charge is -2.52. The summed E-state index contributed by atoms with van der Waals surface area (Å²) in [6, 6.07) is 36.1. The van der Waals surface area contributed by atoms with Crippen LogP contribution in [0.4, 0.5) is 28.4 Å². The molecule has 8 rings (SSSR count). The van der Waals surface area contributed by atoms with Gasteiger partial charge in [-0.3, -0.25) is 0 Å². The van der Waals surface area contributed by atoms with E-state index < -0.39 is 8.07 Å². The van der Waals surface area contributed by atoms with Crippen molar-refractivity contribution in [2.24, 2.45) is 0 Å². The zero-order valence-corrected chi connectivity index (χ0v) is 37.6. The number of hydrogen-bond acceptors (Lipinski definition) is 2. The molecule has 0 spiro atoms. The summed E-state index contributed by atoms with van der Waals surface area (Å²) in [7, 11) is -2.30. The lowest BCUT2D eigenvalue weighted by atomic mass is 9.45. The first-order chi connectivity index (χ1) is 25.4. The van der Waals surface area contributed by atoms with Gasteiger partial charge in [0.2, 0.25) is 0 Å². The highest BCUT2D eigenvalue weighted by molar-refractivity contribution is 7.04. The molecule has 3 heterocycles. The van der Waals surface area contributed by atoms with Gasteiger partial charge in [-0.2, -0.15) is 0 Å². The number of anilines is 5. The normalized spacial score (nSPS) is 16.9. The van der Waals surface area contributed by atoms with Crippen molar-refractivity contribution in [1.82, 2.24) is 0 Å². The third-order valence-electron chi connectivity index (χ3n) is 13.2. The van der Waals surface area contributed by atoms with E-state index in [1.54, 1.807) is 10.4 Å². The summed E-state index contributed by atoms with van der Waals surface area (Å²) in [4.78, 5) is 5.49. The fourth-order valence-electron chi connectivity index (χ4n) is 9.88. The Balaban J connectivity index is 1.59. The molecule has 0 bridgehead atoms. The van der Waals surface area contributed by atoms with Crippen LogP contribution in [0.1, 0.15) is 130 Å². The van der Waals surface area contributed by atoms with Gasteiger partial charge >= 0.3 is 6.85 Å². The third-order valence-corrected chi connectivity index (χ3v) is 16.7. The maximum absolute atomic E-state index is 2.89. The molecule has 5 aromatic rings. The van der Waals surface area contributed by atoms with Gasteiger partial charge in [-0.05, 0) is 88.5 Å². The van der Waals surface area contributed by atoms with Crippen LogP contribution < -0.4 is 31.0 Å². The number of benzene rings is 5. The molecule has 0 N–H and O–H groups in total. The van der Waals surface area contributed by atoms with E-state index in [-0.39, 0.29) is 33.9 Å². The smallest absolute Gasteiger partial charge is 0.332 e. The SMILES string of the molecule is CC(C)(C)c1cc(C(C)(C)C)c2c(c1)[Si](C)(C)c1cc(C(C)(C)C)cc(C(C)(C)C)c1N2B1c2ccccc2N2c3ccccc3C(C)(C)c3cccc1c32. The number of rotatable bonds is 1. The van der Waals surface area contributed by atoms with E-state index >= 15 is 0 Å². The molecule has 284 valence electrons. The summed E-state index contributed by atoms with van der Waals surface area (Å²) in [5.74, 6) is 0. The van der Waals surface area contributed by atoms with Crippen LogP contribution in [-0.2, 0) is 27.1 Å². The Labute approximate surface area is 334 Å². The molecule has 3 aliphatic heterocycles. The molecular weight excluding hydrogens is 679 g/mol. The lowest BCUT2D eigenvalue weighted by Crippen LogP contribution is -2.68. The van der Waals surface area contributed by atoms with E-state index in [2.05, 4.69) is 211 Å². The summed E-state index contributed by atoms with van der Waals surface area (Å²) >= 11 is 0. The Morgan fingerprint density at radius 2 is 0.945 bits per heavy atom. The minimum Gasteiger partial charge on any atom is -0.377 e. The van der Waals surface area contributed by atoms with Gasteiger partial charge in [0.25, 0.3) is 0 Å². The Morgan fingerprint density at radius 1 is 0.491 bits per heavy atom. The van der Waals surface area contributed by atoms with Crippen molar-refractivity contribution in [2.45, 2.75) is 137 Å². The fraction of sp³-hybridized carbons (Fsp3) is 0.412. The highest BCUT2D eigenvalue weighted by Crippen LogP contribution is 2.54. The third kappa shape index (κ3) is 5.55. The van der Waals surface area contributed by atoms with Crippen LogP contribution in [0, 0.1) is 0 Å². The van der Waals surface area contributed by atoms with Crippen molar-refractivity contribution in [1.29, 1.82) is 0 Å². The summed E-state index contributed by atoms with van der Waals surface area (Å²) in [5.41, 5.74) is 17.8. The van der Waals surface area contributed by atoms with Gasteiger partial charge in [-0.1, -0.05) is 189 Å². The van der Waals surface area contributed by atoms with E-state index in [0.717, 1.165) is 0 Å². The van der Waals surface area contributed by atoms with Crippen molar-refractivity contribution in [3.63, 3.8) is 0 Å². The average Bonchev–Trinajstić information content (AvgIpc) is 3.08. The van der Waals surface area contributed by atoms with Crippen LogP contribution >= 0.6 is 0 Å². The molecule has 5 aromatic carbocycles. The van der Waals surface area contributed by atoms with E-state index in [1.165, 1.54) is 72.7 Å². The minimum atomic E-state index is -2.30. The molecule has 3 aliphatic rings. The van der Waals surface area contributed by atoms with Crippen LogP contribution in [-0.4, -0.2) is 14.9 Å². The molecular formula is C51H63BN2Si. The summed E-state index contributed by atoms with van der Waals surface area (Å²) in [6.45, 7) is 39.0. The van der Waals surface area contributed by atoms with E-state index in [1.807, 2.05) is 0 Å². The van der Waals surface area contributed by atoms with Crippen LogP contribution in [0.25, 0.3) is 0 Å².